The smallest absolute Gasteiger partial charge is 0.249 e. The minimum atomic E-state index is -0.577. The number of carbonyl (C=O) groups excluding carboxylic acids is 2. The molecule has 162 valence electrons. The van der Waals surface area contributed by atoms with Gasteiger partial charge in [0.05, 0.1) is 19.7 Å². The highest BCUT2D eigenvalue weighted by atomic mass is 79.9. The van der Waals surface area contributed by atoms with Gasteiger partial charge in [0.1, 0.15) is 11.8 Å². The van der Waals surface area contributed by atoms with E-state index in [1.54, 1.807) is 26.0 Å². The number of ether oxygens (including phenoxy) is 1. The third-order valence-electron chi connectivity index (χ3n) is 5.27. The molecular formula is C22H27BrClN3O3. The molecule has 1 heterocycles. The highest BCUT2D eigenvalue weighted by Crippen LogP contribution is 2.31. The minimum Gasteiger partial charge on any atom is -0.496 e. The number of aryl methyl sites for hydroxylation is 1. The Morgan fingerprint density at radius 1 is 1.30 bits per heavy atom. The fourth-order valence-electron chi connectivity index (χ4n) is 3.46. The zero-order valence-corrected chi connectivity index (χ0v) is 19.7. The van der Waals surface area contributed by atoms with Crippen molar-refractivity contribution in [2.75, 3.05) is 19.1 Å². The summed E-state index contributed by atoms with van der Waals surface area (Å²) in [4.78, 5) is 27.6. The first-order chi connectivity index (χ1) is 13.9. The maximum Gasteiger partial charge on any atom is 0.249 e. The molecule has 0 fully saturated rings. The monoisotopic (exact) mass is 495 g/mol. The summed E-state index contributed by atoms with van der Waals surface area (Å²) in [7, 11) is 3.34. The van der Waals surface area contributed by atoms with Gasteiger partial charge in [0.25, 0.3) is 0 Å². The first-order valence-corrected chi connectivity index (χ1v) is 10.4. The summed E-state index contributed by atoms with van der Waals surface area (Å²) >= 11 is 3.46. The largest absolute Gasteiger partial charge is 0.496 e. The fraction of sp³-hybridized carbons (Fsp3) is 0.364. The molecule has 0 bridgehead atoms. The lowest BCUT2D eigenvalue weighted by Gasteiger charge is -2.27. The molecule has 8 heteroatoms. The molecule has 2 atom stereocenters. The van der Waals surface area contributed by atoms with Gasteiger partial charge in [0, 0.05) is 15.7 Å². The molecule has 2 amide bonds. The Kier molecular flexibility index (Phi) is 8.70. The molecule has 0 radical (unpaired) electrons. The van der Waals surface area contributed by atoms with Gasteiger partial charge in [0.2, 0.25) is 11.8 Å². The van der Waals surface area contributed by atoms with Crippen molar-refractivity contribution in [3.05, 3.63) is 58.1 Å². The molecule has 0 spiro atoms. The number of halogens is 2. The van der Waals surface area contributed by atoms with E-state index in [4.69, 9.17) is 4.74 Å². The number of hydrogen-bond donors (Lipinski definition) is 2. The van der Waals surface area contributed by atoms with Crippen LogP contribution in [0.3, 0.4) is 0 Å². The van der Waals surface area contributed by atoms with Gasteiger partial charge in [0.15, 0.2) is 0 Å². The summed E-state index contributed by atoms with van der Waals surface area (Å²) < 4.78 is 6.42. The quantitative estimate of drug-likeness (QED) is 0.643. The van der Waals surface area contributed by atoms with Crippen molar-refractivity contribution in [2.45, 2.75) is 38.4 Å². The van der Waals surface area contributed by atoms with Crippen LogP contribution in [0, 0.1) is 0 Å². The van der Waals surface area contributed by atoms with E-state index in [1.807, 2.05) is 42.5 Å². The number of methoxy groups -OCH3 is 1. The van der Waals surface area contributed by atoms with Gasteiger partial charge >= 0.3 is 0 Å². The second kappa shape index (κ2) is 10.8. The van der Waals surface area contributed by atoms with Gasteiger partial charge < -0.3 is 20.3 Å². The predicted octanol–water partition coefficient (Wildman–Crippen LogP) is 3.45. The Morgan fingerprint density at radius 3 is 2.73 bits per heavy atom. The van der Waals surface area contributed by atoms with Crippen molar-refractivity contribution in [1.29, 1.82) is 0 Å². The topological polar surface area (TPSA) is 70.7 Å². The van der Waals surface area contributed by atoms with Crippen LogP contribution in [0.25, 0.3) is 0 Å². The molecule has 1 aliphatic rings. The number of nitrogens with one attached hydrogen (secondary N) is 2. The van der Waals surface area contributed by atoms with Gasteiger partial charge in [-0.25, -0.2) is 0 Å². The first-order valence-electron chi connectivity index (χ1n) is 9.64. The maximum absolute atomic E-state index is 13.5. The number of carbonyl (C=O) groups is 2. The lowest BCUT2D eigenvalue weighted by Crippen LogP contribution is -2.52. The molecule has 0 saturated heterocycles. The summed E-state index contributed by atoms with van der Waals surface area (Å²) in [6.45, 7) is 2.13. The van der Waals surface area contributed by atoms with E-state index in [9.17, 15) is 9.59 Å². The number of likely N-dealkylation sites (N-methyl/N-ethyl adjacent to an activating group) is 1. The predicted molar refractivity (Wildman–Crippen MR) is 124 cm³/mol. The maximum atomic E-state index is 13.5. The molecule has 2 aromatic rings. The molecule has 0 aliphatic carbocycles. The number of fused-ring (bicyclic) bond motifs is 1. The molecule has 0 aromatic heterocycles. The Bertz CT molecular complexity index is 909. The molecule has 3 rings (SSSR count). The highest BCUT2D eigenvalue weighted by molar-refractivity contribution is 9.10. The first kappa shape index (κ1) is 24.2. The van der Waals surface area contributed by atoms with Crippen molar-refractivity contribution >= 4 is 45.8 Å². The van der Waals surface area contributed by atoms with E-state index >= 15 is 0 Å². The Hall–Kier alpha value is -2.09. The molecule has 0 saturated carbocycles. The van der Waals surface area contributed by atoms with E-state index in [-0.39, 0.29) is 30.3 Å². The zero-order chi connectivity index (χ0) is 21.0. The van der Waals surface area contributed by atoms with Crippen LogP contribution in [0.2, 0.25) is 0 Å². The average Bonchev–Trinajstić information content (AvgIpc) is 2.86. The van der Waals surface area contributed by atoms with Crippen LogP contribution in [0.15, 0.2) is 46.9 Å². The summed E-state index contributed by atoms with van der Waals surface area (Å²) in [6.07, 6.45) is 1.28. The van der Waals surface area contributed by atoms with Gasteiger partial charge in [-0.3, -0.25) is 9.59 Å². The normalized spacial score (nSPS) is 16.7. The van der Waals surface area contributed by atoms with Crippen LogP contribution in [-0.2, 0) is 22.6 Å². The van der Waals surface area contributed by atoms with E-state index in [0.29, 0.717) is 18.7 Å². The minimum absolute atomic E-state index is 0. The summed E-state index contributed by atoms with van der Waals surface area (Å²) in [5, 5.41) is 5.83. The third kappa shape index (κ3) is 5.33. The molecular weight excluding hydrogens is 470 g/mol. The van der Waals surface area contributed by atoms with Gasteiger partial charge in [-0.15, -0.1) is 12.4 Å². The molecule has 2 aromatic carbocycles. The van der Waals surface area contributed by atoms with Gasteiger partial charge in [-0.1, -0.05) is 40.2 Å². The third-order valence-corrected chi connectivity index (χ3v) is 5.76. The fourth-order valence-corrected chi connectivity index (χ4v) is 3.80. The number of benzene rings is 2. The van der Waals surface area contributed by atoms with Crippen molar-refractivity contribution in [1.82, 2.24) is 10.6 Å². The molecule has 30 heavy (non-hydrogen) atoms. The van der Waals surface area contributed by atoms with Crippen molar-refractivity contribution in [3.8, 4) is 5.75 Å². The van der Waals surface area contributed by atoms with Gasteiger partial charge in [-0.2, -0.15) is 0 Å². The SMILES string of the molecule is CN[C@@H](C)C(=O)N[C@H]1CCc2ccccc2N(Cc2ccc(Br)cc2OC)C1=O.Cl. The van der Waals surface area contributed by atoms with Crippen molar-refractivity contribution < 1.29 is 14.3 Å². The Balaban J connectivity index is 0.00000320. The van der Waals surface area contributed by atoms with E-state index < -0.39 is 6.04 Å². The van der Waals surface area contributed by atoms with Crippen LogP contribution in [0.5, 0.6) is 5.75 Å². The van der Waals surface area contributed by atoms with E-state index in [1.165, 1.54) is 0 Å². The molecule has 0 unspecified atom stereocenters. The van der Waals surface area contributed by atoms with Gasteiger partial charge in [-0.05, 0) is 50.6 Å². The molecule has 1 aliphatic heterocycles. The van der Waals surface area contributed by atoms with Crippen LogP contribution >= 0.6 is 28.3 Å². The molecule has 2 N–H and O–H groups in total. The highest BCUT2D eigenvalue weighted by Gasteiger charge is 2.32. The lowest BCUT2D eigenvalue weighted by atomic mass is 10.1. The second-order valence-electron chi connectivity index (χ2n) is 7.12. The number of para-hydroxylation sites is 1. The zero-order valence-electron chi connectivity index (χ0n) is 17.3. The number of amides is 2. The van der Waals surface area contributed by atoms with E-state index in [2.05, 4.69) is 26.6 Å². The van der Waals surface area contributed by atoms with Crippen LogP contribution in [0.4, 0.5) is 5.69 Å². The second-order valence-corrected chi connectivity index (χ2v) is 8.04. The number of hydrogen-bond acceptors (Lipinski definition) is 4. The van der Waals surface area contributed by atoms with Crippen LogP contribution in [-0.4, -0.2) is 38.1 Å². The van der Waals surface area contributed by atoms with Crippen molar-refractivity contribution in [2.24, 2.45) is 0 Å². The average molecular weight is 497 g/mol. The van der Waals surface area contributed by atoms with Crippen LogP contribution < -0.4 is 20.3 Å². The number of anilines is 1. The molecule has 6 nitrogen and oxygen atoms in total. The Labute approximate surface area is 191 Å². The van der Waals surface area contributed by atoms with Crippen molar-refractivity contribution in [3.63, 3.8) is 0 Å². The summed E-state index contributed by atoms with van der Waals surface area (Å²) in [5.74, 6) is 0.410. The summed E-state index contributed by atoms with van der Waals surface area (Å²) in [5.41, 5.74) is 2.87. The number of nitrogens with zero attached hydrogens (tertiary/aromatic N) is 1. The standard InChI is InChI=1S/C22H26BrN3O3.ClH/c1-14(24-2)21(27)25-18-11-9-15-6-4-5-7-19(15)26(22(18)28)13-16-8-10-17(23)12-20(16)29-3;/h4-8,10,12,14,18,24H,9,11,13H2,1-3H3,(H,25,27);1H/t14-,18-;/m0./s1. The lowest BCUT2D eigenvalue weighted by molar-refractivity contribution is -0.128. The number of rotatable bonds is 6. The Morgan fingerprint density at radius 2 is 2.03 bits per heavy atom. The summed E-state index contributed by atoms with van der Waals surface area (Å²) in [6, 6.07) is 12.7. The van der Waals surface area contributed by atoms with Crippen LogP contribution in [0.1, 0.15) is 24.5 Å². The van der Waals surface area contributed by atoms with E-state index in [0.717, 1.165) is 27.7 Å².